The minimum absolute atomic E-state index is 0.00115. The third-order valence-corrected chi connectivity index (χ3v) is 2.02. The molecule has 0 amide bonds. The van der Waals surface area contributed by atoms with Crippen LogP contribution in [0.4, 0.5) is 0 Å². The van der Waals surface area contributed by atoms with Gasteiger partial charge in [-0.3, -0.25) is 14.4 Å². The van der Waals surface area contributed by atoms with E-state index in [2.05, 4.69) is 0 Å². The molecular formula is C10H14O6. The largest absolute Gasteiger partial charge is 0.462 e. The lowest BCUT2D eigenvalue weighted by Gasteiger charge is -2.27. The Bertz CT molecular complexity index is 296. The first kappa shape index (κ1) is 12.5. The molecule has 6 heteroatoms. The Hall–Kier alpha value is -1.59. The Kier molecular flexibility index (Phi) is 4.28. The van der Waals surface area contributed by atoms with E-state index in [1.54, 1.807) is 0 Å². The van der Waals surface area contributed by atoms with Crippen LogP contribution in [0.15, 0.2) is 0 Å². The van der Waals surface area contributed by atoms with Crippen molar-refractivity contribution in [3.8, 4) is 0 Å². The fourth-order valence-electron chi connectivity index (χ4n) is 1.48. The van der Waals surface area contributed by atoms with E-state index in [1.807, 2.05) is 0 Å². The average Bonchev–Trinajstić information content (AvgIpc) is 2.12. The van der Waals surface area contributed by atoms with Crippen LogP contribution >= 0.6 is 0 Å². The Morgan fingerprint density at radius 1 is 1.38 bits per heavy atom. The van der Waals surface area contributed by atoms with Gasteiger partial charge in [-0.15, -0.1) is 0 Å². The molecule has 90 valence electrons. The van der Waals surface area contributed by atoms with E-state index < -0.39 is 30.1 Å². The molecule has 0 aliphatic carbocycles. The van der Waals surface area contributed by atoms with Gasteiger partial charge in [0.1, 0.15) is 18.8 Å². The summed E-state index contributed by atoms with van der Waals surface area (Å²) in [5, 5.41) is 0. The van der Waals surface area contributed by atoms with E-state index in [9.17, 15) is 14.4 Å². The van der Waals surface area contributed by atoms with Crippen LogP contribution in [0.25, 0.3) is 0 Å². The van der Waals surface area contributed by atoms with Crippen LogP contribution in [0, 0.1) is 0 Å². The van der Waals surface area contributed by atoms with E-state index in [0.29, 0.717) is 6.42 Å². The zero-order chi connectivity index (χ0) is 12.1. The fourth-order valence-corrected chi connectivity index (χ4v) is 1.48. The SMILES string of the molecule is CC(=O)OC[C@H]1C[C@H](OC(C)=O)CC(=O)O1. The van der Waals surface area contributed by atoms with Crippen LogP contribution in [0.1, 0.15) is 26.7 Å². The topological polar surface area (TPSA) is 78.9 Å². The predicted octanol–water partition coefficient (Wildman–Crippen LogP) is 0.187. The van der Waals surface area contributed by atoms with Crippen molar-refractivity contribution in [3.63, 3.8) is 0 Å². The molecule has 1 fully saturated rings. The van der Waals surface area contributed by atoms with E-state index in [0.717, 1.165) is 0 Å². The van der Waals surface area contributed by atoms with Crippen molar-refractivity contribution in [2.45, 2.75) is 38.9 Å². The average molecular weight is 230 g/mol. The smallest absolute Gasteiger partial charge is 0.309 e. The van der Waals surface area contributed by atoms with Crippen molar-refractivity contribution in [1.82, 2.24) is 0 Å². The molecule has 0 bridgehead atoms. The summed E-state index contributed by atoms with van der Waals surface area (Å²) in [5.41, 5.74) is 0. The van der Waals surface area contributed by atoms with Gasteiger partial charge >= 0.3 is 17.9 Å². The third kappa shape index (κ3) is 4.29. The van der Waals surface area contributed by atoms with Gasteiger partial charge in [-0.1, -0.05) is 0 Å². The van der Waals surface area contributed by atoms with Crippen LogP contribution in [0.3, 0.4) is 0 Å². The second kappa shape index (κ2) is 5.48. The van der Waals surface area contributed by atoms with Gasteiger partial charge < -0.3 is 14.2 Å². The monoisotopic (exact) mass is 230 g/mol. The van der Waals surface area contributed by atoms with Crippen molar-refractivity contribution in [2.24, 2.45) is 0 Å². The predicted molar refractivity (Wildman–Crippen MR) is 51.3 cm³/mol. The third-order valence-electron chi connectivity index (χ3n) is 2.02. The molecule has 1 aliphatic heterocycles. The Morgan fingerprint density at radius 3 is 2.62 bits per heavy atom. The molecule has 0 saturated carbocycles. The van der Waals surface area contributed by atoms with Crippen molar-refractivity contribution in [1.29, 1.82) is 0 Å². The second-order valence-corrected chi connectivity index (χ2v) is 3.59. The molecule has 6 nitrogen and oxygen atoms in total. The fraction of sp³-hybridized carbons (Fsp3) is 0.700. The molecule has 0 spiro atoms. The van der Waals surface area contributed by atoms with Crippen LogP contribution in [0.5, 0.6) is 0 Å². The van der Waals surface area contributed by atoms with Crippen molar-refractivity contribution < 1.29 is 28.6 Å². The molecule has 0 unspecified atom stereocenters. The van der Waals surface area contributed by atoms with Gasteiger partial charge in [-0.2, -0.15) is 0 Å². The first-order valence-electron chi connectivity index (χ1n) is 4.97. The Morgan fingerprint density at radius 2 is 2.06 bits per heavy atom. The molecule has 1 saturated heterocycles. The normalized spacial score (nSPS) is 24.5. The van der Waals surface area contributed by atoms with E-state index >= 15 is 0 Å². The van der Waals surface area contributed by atoms with Crippen molar-refractivity contribution >= 4 is 17.9 Å². The second-order valence-electron chi connectivity index (χ2n) is 3.59. The number of carbonyl (C=O) groups is 3. The highest BCUT2D eigenvalue weighted by atomic mass is 16.6. The van der Waals surface area contributed by atoms with Crippen LogP contribution in [-0.4, -0.2) is 36.7 Å². The lowest BCUT2D eigenvalue weighted by Crippen LogP contribution is -2.37. The van der Waals surface area contributed by atoms with E-state index in [-0.39, 0.29) is 13.0 Å². The number of ether oxygens (including phenoxy) is 3. The molecule has 1 aliphatic rings. The zero-order valence-electron chi connectivity index (χ0n) is 9.23. The first-order valence-corrected chi connectivity index (χ1v) is 4.97. The molecule has 1 heterocycles. The number of hydrogen-bond donors (Lipinski definition) is 0. The Labute approximate surface area is 92.8 Å². The summed E-state index contributed by atoms with van der Waals surface area (Å²) in [6.07, 6.45) is -0.608. The lowest BCUT2D eigenvalue weighted by molar-refractivity contribution is -0.174. The zero-order valence-corrected chi connectivity index (χ0v) is 9.23. The highest BCUT2D eigenvalue weighted by molar-refractivity contribution is 5.72. The number of cyclic esters (lactones) is 1. The van der Waals surface area contributed by atoms with Gasteiger partial charge in [0.05, 0.1) is 6.42 Å². The number of rotatable bonds is 3. The number of hydrogen-bond acceptors (Lipinski definition) is 6. The maximum absolute atomic E-state index is 11.2. The molecule has 0 aromatic carbocycles. The summed E-state index contributed by atoms with van der Waals surface area (Å²) in [7, 11) is 0. The minimum atomic E-state index is -0.533. The van der Waals surface area contributed by atoms with E-state index in [1.165, 1.54) is 13.8 Å². The summed E-state index contributed by atoms with van der Waals surface area (Å²) in [5.74, 6) is -1.33. The van der Waals surface area contributed by atoms with Gasteiger partial charge in [-0.05, 0) is 0 Å². The number of carbonyl (C=O) groups excluding carboxylic acids is 3. The van der Waals surface area contributed by atoms with Gasteiger partial charge in [0.15, 0.2) is 0 Å². The molecule has 2 atom stereocenters. The number of esters is 3. The molecule has 0 radical (unpaired) electrons. The summed E-state index contributed by atoms with van der Waals surface area (Å²) in [6, 6.07) is 0. The van der Waals surface area contributed by atoms with E-state index in [4.69, 9.17) is 14.2 Å². The standard InChI is InChI=1S/C10H14O6/c1-6(11)14-5-9-3-8(15-7(2)12)4-10(13)16-9/h8-9H,3-5H2,1-2H3/t8-,9+/m0/s1. The summed E-state index contributed by atoms with van der Waals surface area (Å²) >= 11 is 0. The molecule has 16 heavy (non-hydrogen) atoms. The summed E-state index contributed by atoms with van der Waals surface area (Å²) in [4.78, 5) is 32.5. The summed E-state index contributed by atoms with van der Waals surface area (Å²) < 4.78 is 14.6. The molecule has 0 aromatic heterocycles. The van der Waals surface area contributed by atoms with Crippen LogP contribution in [0.2, 0.25) is 0 Å². The maximum Gasteiger partial charge on any atom is 0.309 e. The van der Waals surface area contributed by atoms with Gasteiger partial charge in [0.25, 0.3) is 0 Å². The molecule has 0 aromatic rings. The maximum atomic E-state index is 11.2. The summed E-state index contributed by atoms with van der Waals surface area (Å²) in [6.45, 7) is 2.55. The van der Waals surface area contributed by atoms with Gasteiger partial charge in [-0.25, -0.2) is 0 Å². The van der Waals surface area contributed by atoms with Crippen LogP contribution in [-0.2, 0) is 28.6 Å². The Balaban J connectivity index is 2.44. The molecule has 0 N–H and O–H groups in total. The van der Waals surface area contributed by atoms with Gasteiger partial charge in [0, 0.05) is 20.3 Å². The van der Waals surface area contributed by atoms with Gasteiger partial charge in [0.2, 0.25) is 0 Å². The quantitative estimate of drug-likeness (QED) is 0.508. The van der Waals surface area contributed by atoms with Crippen molar-refractivity contribution in [2.75, 3.05) is 6.61 Å². The lowest BCUT2D eigenvalue weighted by atomic mass is 10.1. The van der Waals surface area contributed by atoms with Crippen LogP contribution < -0.4 is 0 Å². The first-order chi connectivity index (χ1) is 7.47. The molecular weight excluding hydrogens is 216 g/mol. The molecule has 1 rings (SSSR count). The van der Waals surface area contributed by atoms with Crippen molar-refractivity contribution in [3.05, 3.63) is 0 Å². The highest BCUT2D eigenvalue weighted by Gasteiger charge is 2.31. The minimum Gasteiger partial charge on any atom is -0.462 e. The highest BCUT2D eigenvalue weighted by Crippen LogP contribution is 2.18.